The number of rotatable bonds is 5. The van der Waals surface area contributed by atoms with Crippen molar-refractivity contribution in [1.29, 1.82) is 0 Å². The van der Waals surface area contributed by atoms with Gasteiger partial charge in [-0.25, -0.2) is 8.42 Å². The molecular formula is C19H21NO5S. The fourth-order valence-corrected chi connectivity index (χ4v) is 4.69. The lowest BCUT2D eigenvalue weighted by Crippen LogP contribution is -2.37. The van der Waals surface area contributed by atoms with Crippen LogP contribution in [-0.2, 0) is 14.8 Å². The van der Waals surface area contributed by atoms with E-state index < -0.39 is 15.9 Å². The number of ether oxygens (including phenoxy) is 2. The molecule has 7 heteroatoms. The third-order valence-corrected chi connectivity index (χ3v) is 6.43. The summed E-state index contributed by atoms with van der Waals surface area (Å²) in [7, 11) is -0.777. The molecule has 1 heterocycles. The van der Waals surface area contributed by atoms with E-state index in [1.807, 2.05) is 6.92 Å². The Bertz CT molecular complexity index is 922. The smallest absolute Gasteiger partial charge is 0.264 e. The zero-order valence-electron chi connectivity index (χ0n) is 14.9. The minimum atomic E-state index is -3.77. The number of methoxy groups -OCH3 is 2. The van der Waals surface area contributed by atoms with Crippen molar-refractivity contribution >= 4 is 22.0 Å². The van der Waals surface area contributed by atoms with Gasteiger partial charge in [0.05, 0.1) is 24.8 Å². The highest BCUT2D eigenvalue weighted by Crippen LogP contribution is 2.45. The zero-order chi connectivity index (χ0) is 18.9. The molecule has 0 radical (unpaired) electrons. The molecule has 1 aliphatic heterocycles. The maximum Gasteiger partial charge on any atom is 0.264 e. The molecule has 0 bridgehead atoms. The van der Waals surface area contributed by atoms with Crippen LogP contribution in [0.3, 0.4) is 0 Å². The van der Waals surface area contributed by atoms with Gasteiger partial charge in [0.15, 0.2) is 0 Å². The van der Waals surface area contributed by atoms with Gasteiger partial charge in [-0.2, -0.15) is 0 Å². The molecule has 0 unspecified atom stereocenters. The van der Waals surface area contributed by atoms with Crippen molar-refractivity contribution in [2.24, 2.45) is 0 Å². The molecule has 2 aromatic carbocycles. The van der Waals surface area contributed by atoms with Gasteiger partial charge in [-0.05, 0) is 25.5 Å². The van der Waals surface area contributed by atoms with Crippen LogP contribution in [-0.4, -0.2) is 35.5 Å². The van der Waals surface area contributed by atoms with Gasteiger partial charge in [-0.1, -0.05) is 17.7 Å². The number of nitrogens with zero attached hydrogens (tertiary/aromatic N) is 1. The van der Waals surface area contributed by atoms with Crippen LogP contribution in [0.2, 0.25) is 0 Å². The average molecular weight is 375 g/mol. The number of aryl methyl sites for hydroxylation is 1. The molecule has 2 aromatic rings. The molecule has 1 atom stereocenters. The van der Waals surface area contributed by atoms with Gasteiger partial charge >= 0.3 is 0 Å². The molecule has 0 saturated heterocycles. The monoisotopic (exact) mass is 375 g/mol. The van der Waals surface area contributed by atoms with E-state index in [2.05, 4.69) is 0 Å². The second-order valence-electron chi connectivity index (χ2n) is 6.18. The first-order chi connectivity index (χ1) is 12.4. The summed E-state index contributed by atoms with van der Waals surface area (Å²) in [5.41, 5.74) is 1.97. The van der Waals surface area contributed by atoms with Gasteiger partial charge in [0, 0.05) is 30.2 Å². The molecule has 0 saturated carbocycles. The number of anilines is 1. The van der Waals surface area contributed by atoms with Gasteiger partial charge in [0.2, 0.25) is 0 Å². The summed E-state index contributed by atoms with van der Waals surface area (Å²) in [4.78, 5) is 11.8. The average Bonchev–Trinajstić information content (AvgIpc) is 2.66. The van der Waals surface area contributed by atoms with E-state index in [0.717, 1.165) is 11.8 Å². The lowest BCUT2D eigenvalue weighted by atomic mass is 9.91. The van der Waals surface area contributed by atoms with Crippen LogP contribution in [0.1, 0.15) is 23.5 Å². The van der Waals surface area contributed by atoms with E-state index in [1.165, 1.54) is 18.5 Å². The Labute approximate surface area is 153 Å². The molecule has 0 N–H and O–H groups in total. The van der Waals surface area contributed by atoms with Gasteiger partial charge < -0.3 is 14.3 Å². The normalized spacial score (nSPS) is 16.7. The fraction of sp³-hybridized carbons (Fsp3) is 0.316. The van der Waals surface area contributed by atoms with Crippen molar-refractivity contribution in [3.8, 4) is 11.5 Å². The highest BCUT2D eigenvalue weighted by Gasteiger charge is 2.35. The number of hydrogen-bond donors (Lipinski definition) is 0. The summed E-state index contributed by atoms with van der Waals surface area (Å²) in [6.45, 7) is 2.11. The van der Waals surface area contributed by atoms with Crippen molar-refractivity contribution in [3.05, 3.63) is 47.5 Å². The zero-order valence-corrected chi connectivity index (χ0v) is 15.7. The predicted molar refractivity (Wildman–Crippen MR) is 98.7 cm³/mol. The van der Waals surface area contributed by atoms with Gasteiger partial charge in [-0.3, -0.25) is 4.31 Å². The van der Waals surface area contributed by atoms with Crippen LogP contribution in [0.25, 0.3) is 0 Å². The lowest BCUT2D eigenvalue weighted by Gasteiger charge is -2.34. The second kappa shape index (κ2) is 6.99. The number of benzene rings is 2. The topological polar surface area (TPSA) is 72.9 Å². The van der Waals surface area contributed by atoms with Gasteiger partial charge in [0.25, 0.3) is 10.0 Å². The molecule has 0 aliphatic carbocycles. The van der Waals surface area contributed by atoms with Gasteiger partial charge in [0.1, 0.15) is 17.8 Å². The first-order valence-corrected chi connectivity index (χ1v) is 9.67. The van der Waals surface area contributed by atoms with E-state index in [-0.39, 0.29) is 11.4 Å². The molecule has 138 valence electrons. The van der Waals surface area contributed by atoms with Crippen molar-refractivity contribution in [1.82, 2.24) is 0 Å². The fourth-order valence-electron chi connectivity index (χ4n) is 3.20. The third-order valence-electron chi connectivity index (χ3n) is 4.61. The van der Waals surface area contributed by atoms with Crippen LogP contribution in [0.5, 0.6) is 11.5 Å². The Kier molecular flexibility index (Phi) is 4.91. The summed E-state index contributed by atoms with van der Waals surface area (Å²) in [5.74, 6) is 0.492. The van der Waals surface area contributed by atoms with Crippen LogP contribution >= 0.6 is 0 Å². The van der Waals surface area contributed by atoms with Crippen molar-refractivity contribution in [2.75, 3.05) is 25.1 Å². The Morgan fingerprint density at radius 1 is 1.12 bits per heavy atom. The molecular weight excluding hydrogens is 354 g/mol. The Hall–Kier alpha value is -2.54. The minimum Gasteiger partial charge on any atom is -0.497 e. The molecule has 0 spiro atoms. The number of carbonyl (C=O) groups excluding carboxylic acids is 1. The number of fused-ring (bicyclic) bond motifs is 1. The number of carbonyl (C=O) groups is 1. The highest BCUT2D eigenvalue weighted by atomic mass is 32.2. The van der Waals surface area contributed by atoms with Crippen molar-refractivity contribution in [2.45, 2.75) is 24.2 Å². The summed E-state index contributed by atoms with van der Waals surface area (Å²) in [6.07, 6.45) is 1.23. The standard InChI is InChI=1S/C19H21NO5S/c1-13-4-6-16(7-5-13)26(22,23)20-9-8-14(12-21)19-17(20)10-15(24-2)11-18(19)25-3/h4-7,10-12,14H,8-9H2,1-3H3/t14-/m1/s1. The molecule has 3 rings (SSSR count). The van der Waals surface area contributed by atoms with Crippen LogP contribution in [0, 0.1) is 6.92 Å². The van der Waals surface area contributed by atoms with Crippen molar-refractivity contribution < 1.29 is 22.7 Å². The molecule has 0 amide bonds. The largest absolute Gasteiger partial charge is 0.497 e. The number of sulfonamides is 1. The molecule has 26 heavy (non-hydrogen) atoms. The first kappa shape index (κ1) is 18.3. The summed E-state index contributed by atoms with van der Waals surface area (Å²) in [6, 6.07) is 10.0. The quantitative estimate of drug-likeness (QED) is 0.752. The maximum atomic E-state index is 13.2. The third kappa shape index (κ3) is 3.03. The van der Waals surface area contributed by atoms with Crippen molar-refractivity contribution in [3.63, 3.8) is 0 Å². The summed E-state index contributed by atoms with van der Waals surface area (Å²) < 4.78 is 38.4. The molecule has 0 aromatic heterocycles. The predicted octanol–water partition coefficient (Wildman–Crippen LogP) is 2.89. The van der Waals surface area contributed by atoms with Crippen LogP contribution in [0.15, 0.2) is 41.3 Å². The molecule has 0 fully saturated rings. The summed E-state index contributed by atoms with van der Waals surface area (Å²) >= 11 is 0. The van der Waals surface area contributed by atoms with E-state index in [1.54, 1.807) is 36.4 Å². The van der Waals surface area contributed by atoms with Crippen LogP contribution in [0.4, 0.5) is 5.69 Å². The molecule has 1 aliphatic rings. The van der Waals surface area contributed by atoms with Gasteiger partial charge in [-0.15, -0.1) is 0 Å². The second-order valence-corrected chi connectivity index (χ2v) is 8.05. The van der Waals surface area contributed by atoms with E-state index in [9.17, 15) is 13.2 Å². The number of hydrogen-bond acceptors (Lipinski definition) is 5. The highest BCUT2D eigenvalue weighted by molar-refractivity contribution is 7.92. The SMILES string of the molecule is COc1cc(OC)c2c(c1)N(S(=O)(=O)c1ccc(C)cc1)CC[C@@H]2C=O. The van der Waals surface area contributed by atoms with E-state index >= 15 is 0 Å². The minimum absolute atomic E-state index is 0.209. The van der Waals surface area contributed by atoms with E-state index in [4.69, 9.17) is 9.47 Å². The lowest BCUT2D eigenvalue weighted by molar-refractivity contribution is -0.109. The Morgan fingerprint density at radius 3 is 2.38 bits per heavy atom. The van der Waals surface area contributed by atoms with Crippen LogP contribution < -0.4 is 13.8 Å². The van der Waals surface area contributed by atoms with E-state index in [0.29, 0.717) is 29.2 Å². The maximum absolute atomic E-state index is 13.2. The Morgan fingerprint density at radius 2 is 1.81 bits per heavy atom. The molecule has 6 nitrogen and oxygen atoms in total. The number of aldehydes is 1. The summed E-state index contributed by atoms with van der Waals surface area (Å²) in [5, 5.41) is 0. The first-order valence-electron chi connectivity index (χ1n) is 8.23. The Balaban J connectivity index is 2.19.